The number of nitro groups is 1. The number of non-ortho nitro benzene ring substituents is 1. The minimum Gasteiger partial charge on any atom is -0.431 e. The fourth-order valence-electron chi connectivity index (χ4n) is 3.54. The summed E-state index contributed by atoms with van der Waals surface area (Å²) in [6.07, 6.45) is 1.40. The molecule has 17 heteroatoms. The van der Waals surface area contributed by atoms with Crippen LogP contribution in [0, 0.1) is 10.1 Å². The molecule has 1 aliphatic carbocycles. The van der Waals surface area contributed by atoms with E-state index in [1.807, 2.05) is 0 Å². The van der Waals surface area contributed by atoms with Crippen molar-refractivity contribution in [3.63, 3.8) is 0 Å². The van der Waals surface area contributed by atoms with Crippen molar-refractivity contribution < 1.29 is 38.3 Å². The van der Waals surface area contributed by atoms with E-state index in [-0.39, 0.29) is 18.2 Å². The molecule has 210 valence electrons. The van der Waals surface area contributed by atoms with Crippen LogP contribution < -0.4 is 5.73 Å². The van der Waals surface area contributed by atoms with E-state index in [2.05, 4.69) is 15.0 Å². The normalized spacial score (nSPS) is 15.6. The first-order chi connectivity index (χ1) is 18.1. The summed E-state index contributed by atoms with van der Waals surface area (Å²) in [5, 5.41) is 11.3. The molecule has 0 amide bonds. The summed E-state index contributed by atoms with van der Waals surface area (Å²) in [6, 6.07) is 5.92. The van der Waals surface area contributed by atoms with E-state index in [1.165, 1.54) is 30.2 Å². The second-order valence-electron chi connectivity index (χ2n) is 9.90. The number of fused-ring (bicyclic) bond motifs is 1. The van der Waals surface area contributed by atoms with Crippen molar-refractivity contribution in [2.45, 2.75) is 67.1 Å². The van der Waals surface area contributed by atoms with Crippen LogP contribution in [-0.4, -0.2) is 64.0 Å². The first kappa shape index (κ1) is 28.7. The van der Waals surface area contributed by atoms with Crippen LogP contribution in [0.2, 0.25) is 0 Å². The van der Waals surface area contributed by atoms with Gasteiger partial charge in [-0.25, -0.2) is 14.8 Å². The molecule has 3 aromatic rings. The number of nitrogens with two attached hydrogens (primary N) is 1. The number of imidazole rings is 1. The summed E-state index contributed by atoms with van der Waals surface area (Å²) in [7, 11) is -4.81. The lowest BCUT2D eigenvalue weighted by Crippen LogP contribution is -2.33. The lowest BCUT2D eigenvalue weighted by Gasteiger charge is -2.26. The first-order valence-electron chi connectivity index (χ1n) is 11.6. The quantitative estimate of drug-likeness (QED) is 0.103. The fraction of sp³-hybridized carbons (Fsp3) is 0.455. The Morgan fingerprint density at radius 1 is 1.28 bits per heavy atom. The predicted molar refractivity (Wildman–Crippen MR) is 138 cm³/mol. The Morgan fingerprint density at radius 3 is 2.51 bits per heavy atom. The Bertz CT molecular complexity index is 1430. The lowest BCUT2D eigenvalue weighted by molar-refractivity contribution is -0.384. The summed E-state index contributed by atoms with van der Waals surface area (Å²) in [5.41, 5.74) is 4.89. The van der Waals surface area contributed by atoms with Crippen LogP contribution in [0.5, 0.6) is 0 Å². The molecule has 4 rings (SSSR count). The summed E-state index contributed by atoms with van der Waals surface area (Å²) < 4.78 is 29.5. The molecule has 1 aliphatic rings. The molecule has 2 aromatic heterocycles. The Labute approximate surface area is 226 Å². The average molecular weight is 583 g/mol. The highest BCUT2D eigenvalue weighted by Gasteiger charge is 2.50. The minimum atomic E-state index is -4.81. The molecular formula is C22H27N6O9PS. The zero-order chi connectivity index (χ0) is 28.6. The van der Waals surface area contributed by atoms with E-state index >= 15 is 0 Å². The maximum absolute atomic E-state index is 12.1. The van der Waals surface area contributed by atoms with Gasteiger partial charge in [0.05, 0.1) is 23.4 Å². The van der Waals surface area contributed by atoms with Gasteiger partial charge in [-0.1, -0.05) is 11.8 Å². The van der Waals surface area contributed by atoms with Crippen LogP contribution in [0.3, 0.4) is 0 Å². The van der Waals surface area contributed by atoms with Crippen LogP contribution in [0.15, 0.2) is 40.5 Å². The van der Waals surface area contributed by atoms with Gasteiger partial charge in [-0.05, 0) is 45.7 Å². The van der Waals surface area contributed by atoms with Gasteiger partial charge in [-0.2, -0.15) is 4.98 Å². The summed E-state index contributed by atoms with van der Waals surface area (Å²) >= 11 is 1.20. The summed E-state index contributed by atoms with van der Waals surface area (Å²) in [6.45, 7) is 4.34. The van der Waals surface area contributed by atoms with Gasteiger partial charge in [0, 0.05) is 17.0 Å². The standard InChI is InChI=1S/C22H27N6O9PS/c1-21(2,3)37-20(29)35-10-15(38(32,33)34)36-22(8-9-22)11-27-12-24-16-17(27)25-19(23)26-18(16)39-14-6-4-13(5-7-14)28(30)31/h4-7,12,15H,8-11H2,1-3H3,(H2,23,25,26)(H2,32,33,34). The van der Waals surface area contributed by atoms with E-state index in [0.717, 1.165) is 0 Å². The zero-order valence-electron chi connectivity index (χ0n) is 21.2. The third-order valence-corrected chi connectivity index (χ3v) is 7.46. The number of nitrogens with zero attached hydrogens (tertiary/aromatic N) is 5. The number of benzene rings is 1. The Kier molecular flexibility index (Phi) is 7.87. The van der Waals surface area contributed by atoms with E-state index in [4.69, 9.17) is 19.9 Å². The molecule has 39 heavy (non-hydrogen) atoms. The van der Waals surface area contributed by atoms with Crippen molar-refractivity contribution in [3.8, 4) is 0 Å². The van der Waals surface area contributed by atoms with Crippen molar-refractivity contribution >= 4 is 48.3 Å². The third kappa shape index (κ3) is 7.42. The van der Waals surface area contributed by atoms with Crippen LogP contribution in [-0.2, 0) is 25.3 Å². The van der Waals surface area contributed by atoms with Gasteiger partial charge in [0.2, 0.25) is 5.95 Å². The van der Waals surface area contributed by atoms with E-state index in [1.54, 1.807) is 37.5 Å². The van der Waals surface area contributed by atoms with Crippen molar-refractivity contribution in [2.24, 2.45) is 0 Å². The molecule has 1 fully saturated rings. The van der Waals surface area contributed by atoms with Crippen molar-refractivity contribution in [2.75, 3.05) is 12.3 Å². The second kappa shape index (κ2) is 10.7. The average Bonchev–Trinajstić information content (AvgIpc) is 3.46. The minimum absolute atomic E-state index is 0.0294. The van der Waals surface area contributed by atoms with Gasteiger partial charge < -0.3 is 34.3 Å². The third-order valence-electron chi connectivity index (χ3n) is 5.47. The highest BCUT2D eigenvalue weighted by atomic mass is 32.2. The van der Waals surface area contributed by atoms with Crippen LogP contribution in [0.4, 0.5) is 16.4 Å². The fourth-order valence-corrected chi connectivity index (χ4v) is 5.04. The molecule has 0 bridgehead atoms. The number of nitro benzene ring substituents is 1. The number of ether oxygens (including phenoxy) is 3. The second-order valence-corrected chi connectivity index (χ2v) is 12.7. The molecular weight excluding hydrogens is 555 g/mol. The van der Waals surface area contributed by atoms with E-state index < -0.39 is 42.3 Å². The SMILES string of the molecule is CC(C)(C)OC(=O)OCC(OC1(Cn2cnc3c(Sc4ccc([N+](=O)[O-])cc4)nc(N)nc32)CC1)P(=O)(O)O. The number of nitrogen functional groups attached to an aromatic ring is 1. The van der Waals surface area contributed by atoms with Gasteiger partial charge in [0.15, 0.2) is 11.5 Å². The Morgan fingerprint density at radius 2 is 1.95 bits per heavy atom. The molecule has 15 nitrogen and oxygen atoms in total. The lowest BCUT2D eigenvalue weighted by atomic mass is 10.2. The highest BCUT2D eigenvalue weighted by molar-refractivity contribution is 7.99. The summed E-state index contributed by atoms with van der Waals surface area (Å²) in [4.78, 5) is 55.6. The van der Waals surface area contributed by atoms with Crippen molar-refractivity contribution in [1.29, 1.82) is 0 Å². The monoisotopic (exact) mass is 582 g/mol. The maximum atomic E-state index is 12.1. The Hall–Kier alpha value is -3.30. The number of aromatic nitrogens is 4. The van der Waals surface area contributed by atoms with Gasteiger partial charge >= 0.3 is 13.8 Å². The van der Waals surface area contributed by atoms with Gasteiger partial charge in [0.1, 0.15) is 22.8 Å². The maximum Gasteiger partial charge on any atom is 0.508 e. The molecule has 0 aliphatic heterocycles. The zero-order valence-corrected chi connectivity index (χ0v) is 22.9. The first-order valence-corrected chi connectivity index (χ1v) is 14.1. The number of rotatable bonds is 10. The molecule has 0 saturated heterocycles. The molecule has 0 spiro atoms. The van der Waals surface area contributed by atoms with Gasteiger partial charge in [-0.3, -0.25) is 14.7 Å². The molecule has 1 atom stereocenters. The van der Waals surface area contributed by atoms with E-state index in [9.17, 15) is 29.3 Å². The molecule has 4 N–H and O–H groups in total. The van der Waals surface area contributed by atoms with Crippen LogP contribution in [0.25, 0.3) is 11.2 Å². The van der Waals surface area contributed by atoms with Gasteiger partial charge in [0.25, 0.3) is 5.69 Å². The molecule has 1 unspecified atom stereocenters. The van der Waals surface area contributed by atoms with Gasteiger partial charge in [-0.15, -0.1) is 0 Å². The number of anilines is 1. The van der Waals surface area contributed by atoms with Crippen molar-refractivity contribution in [1.82, 2.24) is 19.5 Å². The highest BCUT2D eigenvalue weighted by Crippen LogP contribution is 2.50. The predicted octanol–water partition coefficient (Wildman–Crippen LogP) is 3.47. The van der Waals surface area contributed by atoms with Crippen molar-refractivity contribution in [3.05, 3.63) is 40.7 Å². The smallest absolute Gasteiger partial charge is 0.431 e. The number of hydrogen-bond acceptors (Lipinski definition) is 12. The molecule has 1 aromatic carbocycles. The van der Waals surface area contributed by atoms with E-state index in [0.29, 0.717) is 33.9 Å². The topological polar surface area (TPSA) is 215 Å². The number of carbonyl (C=O) groups excluding carboxylic acids is 1. The number of carbonyl (C=O) groups is 1. The van der Waals surface area contributed by atoms with Crippen LogP contribution >= 0.6 is 19.4 Å². The van der Waals surface area contributed by atoms with Crippen LogP contribution in [0.1, 0.15) is 33.6 Å². The molecule has 1 saturated carbocycles. The summed E-state index contributed by atoms with van der Waals surface area (Å²) in [5.74, 6) is -1.73. The molecule has 2 heterocycles. The molecule has 0 radical (unpaired) electrons. The largest absolute Gasteiger partial charge is 0.508 e. The number of hydrogen-bond donors (Lipinski definition) is 3. The Balaban J connectivity index is 1.51.